The Hall–Kier alpha value is -1.91. The molecule has 0 saturated carbocycles. The molecule has 0 unspecified atom stereocenters. The van der Waals surface area contributed by atoms with Gasteiger partial charge in [0.05, 0.1) is 5.69 Å². The number of carbonyl (C=O) groups is 1. The van der Waals surface area contributed by atoms with Crippen molar-refractivity contribution in [1.29, 1.82) is 0 Å². The molecule has 0 aliphatic carbocycles. The number of rotatable bonds is 2. The van der Waals surface area contributed by atoms with E-state index in [0.717, 1.165) is 11.3 Å². The molecule has 0 aliphatic heterocycles. The maximum Gasteiger partial charge on any atom is 0.224 e. The van der Waals surface area contributed by atoms with Gasteiger partial charge in [0.2, 0.25) is 5.91 Å². The fraction of sp³-hybridized carbons (Fsp3) is 0.222. The van der Waals surface area contributed by atoms with Crippen LogP contribution in [-0.4, -0.2) is 20.5 Å². The fourth-order valence-corrected chi connectivity index (χ4v) is 1.15. The molecule has 0 atom stereocenters. The van der Waals surface area contributed by atoms with E-state index >= 15 is 0 Å². The number of hydrogen-bond acceptors (Lipinski definition) is 3. The van der Waals surface area contributed by atoms with Crippen molar-refractivity contribution in [3.8, 4) is 0 Å². The summed E-state index contributed by atoms with van der Waals surface area (Å²) in [7, 11) is 0. The molecule has 5 nitrogen and oxygen atoms in total. The highest BCUT2D eigenvalue weighted by atomic mass is 16.1. The zero-order valence-corrected chi connectivity index (χ0v) is 7.77. The Morgan fingerprint density at radius 3 is 3.21 bits per heavy atom. The second-order valence-electron chi connectivity index (χ2n) is 2.92. The minimum atomic E-state index is -0.00238. The molecule has 72 valence electrons. The van der Waals surface area contributed by atoms with Gasteiger partial charge < -0.3 is 5.32 Å². The van der Waals surface area contributed by atoms with Crippen LogP contribution in [0.3, 0.4) is 0 Å². The largest absolute Gasteiger partial charge is 0.325 e. The molecule has 5 heteroatoms. The summed E-state index contributed by atoms with van der Waals surface area (Å²) < 4.78 is 1.76. The predicted molar refractivity (Wildman–Crippen MR) is 51.9 cm³/mol. The van der Waals surface area contributed by atoms with Crippen molar-refractivity contribution >= 4 is 17.2 Å². The molecule has 2 aromatic rings. The van der Waals surface area contributed by atoms with Crippen LogP contribution in [0.4, 0.5) is 5.69 Å². The average molecular weight is 190 g/mol. The van der Waals surface area contributed by atoms with E-state index < -0.39 is 0 Å². The van der Waals surface area contributed by atoms with Crippen LogP contribution in [-0.2, 0) is 4.79 Å². The molecule has 0 radical (unpaired) electrons. The average Bonchev–Trinajstić information content (AvgIpc) is 2.64. The van der Waals surface area contributed by atoms with Crippen LogP contribution in [0.2, 0.25) is 0 Å². The number of fused-ring (bicyclic) bond motifs is 1. The smallest absolute Gasteiger partial charge is 0.224 e. The van der Waals surface area contributed by atoms with Gasteiger partial charge >= 0.3 is 0 Å². The third-order valence-corrected chi connectivity index (χ3v) is 1.90. The summed E-state index contributed by atoms with van der Waals surface area (Å²) >= 11 is 0. The zero-order chi connectivity index (χ0) is 9.97. The van der Waals surface area contributed by atoms with Crippen molar-refractivity contribution in [3.63, 3.8) is 0 Å². The molecule has 1 amide bonds. The fourth-order valence-electron chi connectivity index (χ4n) is 1.15. The summed E-state index contributed by atoms with van der Waals surface area (Å²) in [6.07, 6.45) is 3.85. The summed E-state index contributed by atoms with van der Waals surface area (Å²) in [6, 6.07) is 3.61. The Morgan fingerprint density at radius 2 is 2.43 bits per heavy atom. The minimum Gasteiger partial charge on any atom is -0.325 e. The third-order valence-electron chi connectivity index (χ3n) is 1.90. The van der Waals surface area contributed by atoms with E-state index in [9.17, 15) is 4.79 Å². The van der Waals surface area contributed by atoms with Gasteiger partial charge in [-0.15, -0.1) is 10.2 Å². The van der Waals surface area contributed by atoms with E-state index in [1.807, 2.05) is 6.92 Å². The van der Waals surface area contributed by atoms with Gasteiger partial charge in [-0.1, -0.05) is 6.92 Å². The number of nitrogens with one attached hydrogen (secondary N) is 1. The van der Waals surface area contributed by atoms with E-state index in [4.69, 9.17) is 0 Å². The summed E-state index contributed by atoms with van der Waals surface area (Å²) in [5, 5.41) is 10.4. The van der Waals surface area contributed by atoms with Crippen molar-refractivity contribution in [3.05, 3.63) is 24.7 Å². The van der Waals surface area contributed by atoms with Crippen LogP contribution < -0.4 is 5.32 Å². The lowest BCUT2D eigenvalue weighted by Crippen LogP contribution is -2.09. The lowest BCUT2D eigenvalue weighted by atomic mass is 10.3. The zero-order valence-electron chi connectivity index (χ0n) is 7.77. The monoisotopic (exact) mass is 190 g/mol. The van der Waals surface area contributed by atoms with Gasteiger partial charge in [-0.05, 0) is 12.1 Å². The first-order valence-electron chi connectivity index (χ1n) is 4.39. The van der Waals surface area contributed by atoms with Crippen LogP contribution in [0, 0.1) is 0 Å². The Balaban J connectivity index is 2.30. The van der Waals surface area contributed by atoms with Crippen molar-refractivity contribution < 1.29 is 4.79 Å². The first-order valence-corrected chi connectivity index (χ1v) is 4.39. The lowest BCUT2D eigenvalue weighted by Gasteiger charge is -2.02. The van der Waals surface area contributed by atoms with Crippen LogP contribution >= 0.6 is 0 Å². The molecule has 0 saturated heterocycles. The second kappa shape index (κ2) is 3.45. The number of nitrogens with zero attached hydrogens (tertiary/aromatic N) is 3. The predicted octanol–water partition coefficient (Wildman–Crippen LogP) is 1.08. The van der Waals surface area contributed by atoms with Crippen LogP contribution in [0.15, 0.2) is 24.7 Å². The Labute approximate surface area is 80.8 Å². The number of hydrogen-bond donors (Lipinski definition) is 1. The van der Waals surface area contributed by atoms with Gasteiger partial charge in [-0.2, -0.15) is 0 Å². The van der Waals surface area contributed by atoms with Crippen LogP contribution in [0.25, 0.3) is 5.65 Å². The van der Waals surface area contributed by atoms with Crippen molar-refractivity contribution in [2.24, 2.45) is 0 Å². The highest BCUT2D eigenvalue weighted by Gasteiger charge is 2.00. The number of amides is 1. The number of anilines is 1. The summed E-state index contributed by atoms with van der Waals surface area (Å²) in [4.78, 5) is 11.1. The molecule has 1 N–H and O–H groups in total. The molecule has 0 aliphatic rings. The normalized spacial score (nSPS) is 10.4. The van der Waals surface area contributed by atoms with Gasteiger partial charge in [0, 0.05) is 12.6 Å². The molecule has 0 aromatic carbocycles. The topological polar surface area (TPSA) is 59.3 Å². The molecule has 2 rings (SSSR count). The Bertz CT molecular complexity index is 463. The SMILES string of the molecule is CCC(=O)Nc1ccc2nncn2c1. The van der Waals surface area contributed by atoms with Gasteiger partial charge in [0.25, 0.3) is 0 Å². The van der Waals surface area contributed by atoms with Crippen LogP contribution in [0.1, 0.15) is 13.3 Å². The highest BCUT2D eigenvalue weighted by molar-refractivity contribution is 5.90. The standard InChI is InChI=1S/C9H10N4O/c1-2-9(14)11-7-3-4-8-12-10-6-13(8)5-7/h3-6H,2H2,1H3,(H,11,14). The molecular formula is C9H10N4O. The molecule has 0 fully saturated rings. The highest BCUT2D eigenvalue weighted by Crippen LogP contribution is 2.08. The number of aromatic nitrogens is 3. The second-order valence-corrected chi connectivity index (χ2v) is 2.92. The van der Waals surface area contributed by atoms with Gasteiger partial charge in [0.15, 0.2) is 5.65 Å². The number of carbonyl (C=O) groups excluding carboxylic acids is 1. The van der Waals surface area contributed by atoms with E-state index in [0.29, 0.717) is 6.42 Å². The van der Waals surface area contributed by atoms with E-state index in [1.54, 1.807) is 29.1 Å². The molecule has 0 spiro atoms. The maximum absolute atomic E-state index is 11.1. The molecule has 0 bridgehead atoms. The molecule has 2 aromatic heterocycles. The van der Waals surface area contributed by atoms with E-state index in [1.165, 1.54) is 0 Å². The summed E-state index contributed by atoms with van der Waals surface area (Å²) in [6.45, 7) is 1.81. The van der Waals surface area contributed by atoms with Gasteiger partial charge in [-0.25, -0.2) is 0 Å². The minimum absolute atomic E-state index is 0.00238. The van der Waals surface area contributed by atoms with Gasteiger partial charge in [0.1, 0.15) is 6.33 Å². The first kappa shape index (κ1) is 8.68. The van der Waals surface area contributed by atoms with Crippen LogP contribution in [0.5, 0.6) is 0 Å². The van der Waals surface area contributed by atoms with E-state index in [2.05, 4.69) is 15.5 Å². The summed E-state index contributed by atoms with van der Waals surface area (Å²) in [5.74, 6) is -0.00238. The lowest BCUT2D eigenvalue weighted by molar-refractivity contribution is -0.115. The quantitative estimate of drug-likeness (QED) is 0.770. The molecular weight excluding hydrogens is 180 g/mol. The third kappa shape index (κ3) is 1.56. The first-order chi connectivity index (χ1) is 6.79. The van der Waals surface area contributed by atoms with Crippen molar-refractivity contribution in [2.45, 2.75) is 13.3 Å². The van der Waals surface area contributed by atoms with Gasteiger partial charge in [-0.3, -0.25) is 9.20 Å². The number of pyridine rings is 1. The van der Waals surface area contributed by atoms with Crippen molar-refractivity contribution in [2.75, 3.05) is 5.32 Å². The molecule has 14 heavy (non-hydrogen) atoms. The summed E-state index contributed by atoms with van der Waals surface area (Å²) in [5.41, 5.74) is 1.52. The Morgan fingerprint density at radius 1 is 1.57 bits per heavy atom. The molecule has 2 heterocycles. The van der Waals surface area contributed by atoms with E-state index in [-0.39, 0.29) is 5.91 Å². The Kier molecular flexibility index (Phi) is 2.14. The van der Waals surface area contributed by atoms with Crippen molar-refractivity contribution in [1.82, 2.24) is 14.6 Å². The maximum atomic E-state index is 11.1.